The molecule has 0 aliphatic carbocycles. The number of carbonyl (C=O) groups excluding carboxylic acids is 2. The van der Waals surface area contributed by atoms with Crippen molar-refractivity contribution in [1.29, 1.82) is 0 Å². The van der Waals surface area contributed by atoms with E-state index in [1.165, 1.54) is 28.3 Å². The van der Waals surface area contributed by atoms with Gasteiger partial charge in [-0.05, 0) is 54.1 Å². The lowest BCUT2D eigenvalue weighted by Gasteiger charge is -2.06. The van der Waals surface area contributed by atoms with E-state index in [1.807, 2.05) is 17.5 Å². The number of benzene rings is 1. The van der Waals surface area contributed by atoms with Gasteiger partial charge in [0, 0.05) is 16.2 Å². The molecule has 0 unspecified atom stereocenters. The van der Waals surface area contributed by atoms with Crippen LogP contribution in [0.25, 0.3) is 10.4 Å². The molecule has 2 heterocycles. The monoisotopic (exact) mass is 388 g/mol. The van der Waals surface area contributed by atoms with E-state index in [1.54, 1.807) is 35.6 Å². The summed E-state index contributed by atoms with van der Waals surface area (Å²) in [6.45, 7) is 0. The second-order valence-corrected chi connectivity index (χ2v) is 7.72. The van der Waals surface area contributed by atoms with E-state index >= 15 is 0 Å². The number of carbonyl (C=O) groups is 2. The summed E-state index contributed by atoms with van der Waals surface area (Å²) in [6.07, 6.45) is 1.93. The molecule has 134 valence electrons. The number of hydrogen-bond donors (Lipinski definition) is 2. The summed E-state index contributed by atoms with van der Waals surface area (Å²) in [5.41, 5.74) is 5.71. The molecule has 2 N–H and O–H groups in total. The van der Waals surface area contributed by atoms with E-state index in [0.29, 0.717) is 11.3 Å². The average molecular weight is 388 g/mol. The molecule has 3 rings (SSSR count). The van der Waals surface area contributed by atoms with Crippen LogP contribution in [-0.2, 0) is 11.2 Å². The fourth-order valence-corrected chi connectivity index (χ4v) is 4.02. The Hall–Kier alpha value is -2.51. The Bertz CT molecular complexity index is 873. The van der Waals surface area contributed by atoms with Gasteiger partial charge in [-0.25, -0.2) is 4.39 Å². The van der Waals surface area contributed by atoms with Crippen molar-refractivity contribution >= 4 is 34.5 Å². The highest BCUT2D eigenvalue weighted by molar-refractivity contribution is 7.17. The van der Waals surface area contributed by atoms with Gasteiger partial charge in [-0.15, -0.1) is 22.7 Å². The number of hydrazine groups is 1. The van der Waals surface area contributed by atoms with Crippen LogP contribution in [0.2, 0.25) is 0 Å². The molecule has 2 amide bonds. The quantitative estimate of drug-likeness (QED) is 0.615. The van der Waals surface area contributed by atoms with E-state index in [0.717, 1.165) is 23.3 Å². The Labute approximate surface area is 158 Å². The molecule has 7 heteroatoms. The zero-order valence-electron chi connectivity index (χ0n) is 13.8. The number of hydrogen-bond acceptors (Lipinski definition) is 4. The van der Waals surface area contributed by atoms with Crippen LogP contribution in [0.1, 0.15) is 27.4 Å². The van der Waals surface area contributed by atoms with Gasteiger partial charge in [0.2, 0.25) is 5.91 Å². The molecule has 0 saturated heterocycles. The summed E-state index contributed by atoms with van der Waals surface area (Å²) in [5.74, 6) is -0.884. The molecular weight excluding hydrogens is 371 g/mol. The van der Waals surface area contributed by atoms with Crippen LogP contribution >= 0.6 is 22.7 Å². The lowest BCUT2D eigenvalue weighted by Crippen LogP contribution is -2.41. The van der Waals surface area contributed by atoms with Gasteiger partial charge in [-0.1, -0.05) is 18.2 Å². The highest BCUT2D eigenvalue weighted by atomic mass is 32.1. The van der Waals surface area contributed by atoms with Crippen molar-refractivity contribution in [3.8, 4) is 10.4 Å². The zero-order chi connectivity index (χ0) is 18.4. The van der Waals surface area contributed by atoms with E-state index in [2.05, 4.69) is 10.9 Å². The Morgan fingerprint density at radius 1 is 1.00 bits per heavy atom. The molecule has 26 heavy (non-hydrogen) atoms. The molecule has 0 bridgehead atoms. The van der Waals surface area contributed by atoms with Gasteiger partial charge in [-0.3, -0.25) is 20.4 Å². The average Bonchev–Trinajstić information content (AvgIpc) is 3.32. The summed E-state index contributed by atoms with van der Waals surface area (Å²) in [6, 6.07) is 13.6. The normalized spacial score (nSPS) is 10.5. The zero-order valence-corrected chi connectivity index (χ0v) is 15.5. The number of rotatable bonds is 6. The first kappa shape index (κ1) is 18.3. The lowest BCUT2D eigenvalue weighted by atomic mass is 10.2. The van der Waals surface area contributed by atoms with Crippen LogP contribution in [-0.4, -0.2) is 11.8 Å². The van der Waals surface area contributed by atoms with Crippen LogP contribution in [0.3, 0.4) is 0 Å². The van der Waals surface area contributed by atoms with Crippen LogP contribution in [0.15, 0.2) is 53.9 Å². The predicted molar refractivity (Wildman–Crippen MR) is 103 cm³/mol. The fraction of sp³-hybridized carbons (Fsp3) is 0.158. The van der Waals surface area contributed by atoms with Gasteiger partial charge >= 0.3 is 0 Å². The molecule has 0 spiro atoms. The molecule has 0 radical (unpaired) electrons. The third-order valence-electron chi connectivity index (χ3n) is 3.68. The first-order valence-electron chi connectivity index (χ1n) is 8.09. The SMILES string of the molecule is O=C(CCCc1cccs1)NNC(=O)c1ccc(-c2ccc(F)cc2)s1. The van der Waals surface area contributed by atoms with Crippen molar-refractivity contribution in [2.45, 2.75) is 19.3 Å². The van der Waals surface area contributed by atoms with Crippen molar-refractivity contribution in [1.82, 2.24) is 10.9 Å². The number of aryl methyl sites for hydroxylation is 1. The predicted octanol–water partition coefficient (Wildman–Crippen LogP) is 4.40. The second kappa shape index (κ2) is 8.73. The summed E-state index contributed by atoms with van der Waals surface area (Å²) in [7, 11) is 0. The van der Waals surface area contributed by atoms with E-state index in [9.17, 15) is 14.0 Å². The van der Waals surface area contributed by atoms with Crippen LogP contribution in [0.5, 0.6) is 0 Å². The highest BCUT2D eigenvalue weighted by Gasteiger charge is 2.11. The fourth-order valence-electron chi connectivity index (χ4n) is 2.36. The minimum Gasteiger partial charge on any atom is -0.273 e. The van der Waals surface area contributed by atoms with Gasteiger partial charge in [0.1, 0.15) is 5.82 Å². The molecule has 0 aliphatic rings. The smallest absolute Gasteiger partial charge is 0.273 e. The molecule has 3 aromatic rings. The third-order valence-corrected chi connectivity index (χ3v) is 5.75. The first-order valence-corrected chi connectivity index (χ1v) is 9.79. The molecule has 0 aliphatic heterocycles. The Morgan fingerprint density at radius 2 is 1.81 bits per heavy atom. The molecule has 0 atom stereocenters. The highest BCUT2D eigenvalue weighted by Crippen LogP contribution is 2.28. The van der Waals surface area contributed by atoms with E-state index in [4.69, 9.17) is 0 Å². The minimum atomic E-state index is -0.366. The second-order valence-electron chi connectivity index (χ2n) is 5.61. The molecule has 0 fully saturated rings. The Balaban J connectivity index is 1.46. The van der Waals surface area contributed by atoms with Crippen LogP contribution in [0.4, 0.5) is 4.39 Å². The summed E-state index contributed by atoms with van der Waals surface area (Å²) < 4.78 is 13.0. The van der Waals surface area contributed by atoms with Crippen molar-refractivity contribution in [2.24, 2.45) is 0 Å². The largest absolute Gasteiger partial charge is 0.279 e. The molecule has 0 saturated carbocycles. The standard InChI is InChI=1S/C19H17FN2O2S2/c20-14-8-6-13(7-9-14)16-10-11-17(26-16)19(24)22-21-18(23)5-1-3-15-4-2-12-25-15/h2,4,6-12H,1,3,5H2,(H,21,23)(H,22,24). The van der Waals surface area contributed by atoms with Crippen LogP contribution < -0.4 is 10.9 Å². The van der Waals surface area contributed by atoms with Crippen molar-refractivity contribution in [3.63, 3.8) is 0 Å². The maximum Gasteiger partial charge on any atom is 0.279 e. The molecule has 4 nitrogen and oxygen atoms in total. The van der Waals surface area contributed by atoms with Gasteiger partial charge in [0.25, 0.3) is 5.91 Å². The maximum atomic E-state index is 13.0. The number of thiophene rings is 2. The lowest BCUT2D eigenvalue weighted by molar-refractivity contribution is -0.121. The molecule has 2 aromatic heterocycles. The van der Waals surface area contributed by atoms with Crippen LogP contribution in [0, 0.1) is 5.82 Å². The minimum absolute atomic E-state index is 0.217. The number of amides is 2. The van der Waals surface area contributed by atoms with Crippen molar-refractivity contribution in [2.75, 3.05) is 0 Å². The Kier molecular flexibility index (Phi) is 6.14. The topological polar surface area (TPSA) is 58.2 Å². The van der Waals surface area contributed by atoms with Crippen molar-refractivity contribution in [3.05, 3.63) is 69.5 Å². The maximum absolute atomic E-state index is 13.0. The summed E-state index contributed by atoms with van der Waals surface area (Å²) in [4.78, 5) is 26.5. The number of halogens is 1. The van der Waals surface area contributed by atoms with Gasteiger partial charge < -0.3 is 0 Å². The number of nitrogens with one attached hydrogen (secondary N) is 2. The van der Waals surface area contributed by atoms with E-state index < -0.39 is 0 Å². The van der Waals surface area contributed by atoms with Gasteiger partial charge in [-0.2, -0.15) is 0 Å². The first-order chi connectivity index (χ1) is 12.6. The Morgan fingerprint density at radius 3 is 2.54 bits per heavy atom. The third kappa shape index (κ3) is 5.00. The molecular formula is C19H17FN2O2S2. The van der Waals surface area contributed by atoms with E-state index in [-0.39, 0.29) is 17.6 Å². The van der Waals surface area contributed by atoms with Crippen molar-refractivity contribution < 1.29 is 14.0 Å². The van der Waals surface area contributed by atoms with Gasteiger partial charge in [0.05, 0.1) is 4.88 Å². The van der Waals surface area contributed by atoms with Gasteiger partial charge in [0.15, 0.2) is 0 Å². The molecule has 1 aromatic carbocycles. The summed E-state index contributed by atoms with van der Waals surface area (Å²) >= 11 is 2.95. The summed E-state index contributed by atoms with van der Waals surface area (Å²) in [5, 5.41) is 2.01.